The Morgan fingerprint density at radius 1 is 1.53 bits per heavy atom. The van der Waals surface area contributed by atoms with Crippen LogP contribution in [0.15, 0.2) is 22.7 Å². The zero-order chi connectivity index (χ0) is 14.4. The summed E-state index contributed by atoms with van der Waals surface area (Å²) < 4.78 is 0.481. The first-order chi connectivity index (χ1) is 8.95. The van der Waals surface area contributed by atoms with Crippen molar-refractivity contribution in [2.24, 2.45) is 0 Å². The van der Waals surface area contributed by atoms with Gasteiger partial charge >= 0.3 is 12.0 Å². The summed E-state index contributed by atoms with van der Waals surface area (Å²) in [5.74, 6) is -1.04. The number of nitrogens with one attached hydrogen (secondary N) is 1. The van der Waals surface area contributed by atoms with Crippen LogP contribution in [-0.2, 0) is 0 Å². The first kappa shape index (κ1) is 15.0. The lowest BCUT2D eigenvalue weighted by Crippen LogP contribution is -2.32. The third-order valence-corrected chi connectivity index (χ3v) is 3.02. The van der Waals surface area contributed by atoms with Gasteiger partial charge in [-0.3, -0.25) is 0 Å². The number of carbonyl (C=O) groups is 2. The molecule has 0 bridgehead atoms. The van der Waals surface area contributed by atoms with Crippen molar-refractivity contribution in [3.63, 3.8) is 0 Å². The number of urea groups is 1. The zero-order valence-corrected chi connectivity index (χ0v) is 11.8. The van der Waals surface area contributed by atoms with E-state index in [-0.39, 0.29) is 18.0 Å². The monoisotopic (exact) mass is 325 g/mol. The summed E-state index contributed by atoms with van der Waals surface area (Å²) in [5, 5.41) is 19.9. The Kier molecular flexibility index (Phi) is 5.33. The number of halogens is 1. The molecule has 0 unspecified atom stereocenters. The van der Waals surface area contributed by atoms with Crippen molar-refractivity contribution < 1.29 is 14.7 Å². The molecular weight excluding hydrogens is 314 g/mol. The lowest BCUT2D eigenvalue weighted by Gasteiger charge is -2.17. The summed E-state index contributed by atoms with van der Waals surface area (Å²) in [5.41, 5.74) is 0.599. The second kappa shape index (κ2) is 6.75. The molecule has 6 nitrogen and oxygen atoms in total. The highest BCUT2D eigenvalue weighted by Crippen LogP contribution is 2.24. The summed E-state index contributed by atoms with van der Waals surface area (Å²) in [6.07, 6.45) is 0.253. The van der Waals surface area contributed by atoms with Crippen molar-refractivity contribution in [3.05, 3.63) is 28.2 Å². The molecule has 0 saturated carbocycles. The molecular formula is C12H12BrN3O3. The van der Waals surface area contributed by atoms with Crippen molar-refractivity contribution in [2.45, 2.75) is 6.42 Å². The molecule has 0 aromatic heterocycles. The van der Waals surface area contributed by atoms with Crippen LogP contribution in [0.25, 0.3) is 0 Å². The molecule has 0 spiro atoms. The maximum atomic E-state index is 11.8. The fraction of sp³-hybridized carbons (Fsp3) is 0.250. The number of carbonyl (C=O) groups excluding carboxylic acids is 1. The summed E-state index contributed by atoms with van der Waals surface area (Å²) in [6, 6.07) is 5.90. The Morgan fingerprint density at radius 3 is 2.74 bits per heavy atom. The van der Waals surface area contributed by atoms with Gasteiger partial charge in [-0.1, -0.05) is 0 Å². The Labute approximate surface area is 118 Å². The second-order valence-corrected chi connectivity index (χ2v) is 4.61. The van der Waals surface area contributed by atoms with E-state index in [1.807, 2.05) is 6.07 Å². The van der Waals surface area contributed by atoms with Crippen molar-refractivity contribution in [1.82, 2.24) is 4.90 Å². The van der Waals surface area contributed by atoms with Crippen LogP contribution in [0.3, 0.4) is 0 Å². The van der Waals surface area contributed by atoms with Gasteiger partial charge in [0.05, 0.1) is 23.7 Å². The fourth-order valence-corrected chi connectivity index (χ4v) is 1.76. The smallest absolute Gasteiger partial charge is 0.335 e. The first-order valence-electron chi connectivity index (χ1n) is 5.37. The molecule has 0 radical (unpaired) electrons. The molecule has 19 heavy (non-hydrogen) atoms. The van der Waals surface area contributed by atoms with E-state index >= 15 is 0 Å². The first-order valence-corrected chi connectivity index (χ1v) is 6.17. The number of hydrogen-bond donors (Lipinski definition) is 2. The van der Waals surface area contributed by atoms with E-state index < -0.39 is 5.97 Å². The van der Waals surface area contributed by atoms with Gasteiger partial charge in [-0.2, -0.15) is 5.26 Å². The van der Waals surface area contributed by atoms with Gasteiger partial charge in [0.25, 0.3) is 0 Å². The van der Waals surface area contributed by atoms with E-state index in [9.17, 15) is 9.59 Å². The van der Waals surface area contributed by atoms with Crippen LogP contribution in [0.4, 0.5) is 10.5 Å². The molecule has 0 aliphatic carbocycles. The second-order valence-electron chi connectivity index (χ2n) is 3.76. The van der Waals surface area contributed by atoms with E-state index in [0.717, 1.165) is 0 Å². The van der Waals surface area contributed by atoms with E-state index in [2.05, 4.69) is 21.2 Å². The van der Waals surface area contributed by atoms with E-state index in [1.54, 1.807) is 7.05 Å². The van der Waals surface area contributed by atoms with Gasteiger partial charge in [-0.05, 0) is 34.1 Å². The normalized spacial score (nSPS) is 9.53. The topological polar surface area (TPSA) is 93.4 Å². The van der Waals surface area contributed by atoms with Crippen molar-refractivity contribution >= 4 is 33.6 Å². The number of benzene rings is 1. The lowest BCUT2D eigenvalue weighted by molar-refractivity contribution is 0.0697. The number of rotatable bonds is 4. The highest BCUT2D eigenvalue weighted by atomic mass is 79.9. The number of hydrogen-bond acceptors (Lipinski definition) is 3. The summed E-state index contributed by atoms with van der Waals surface area (Å²) in [6.45, 7) is 0.327. The van der Waals surface area contributed by atoms with Crippen molar-refractivity contribution in [2.75, 3.05) is 18.9 Å². The molecule has 0 heterocycles. The maximum absolute atomic E-state index is 11.8. The minimum Gasteiger partial charge on any atom is -0.478 e. The Balaban J connectivity index is 2.75. The van der Waals surface area contributed by atoms with Gasteiger partial charge in [0, 0.05) is 18.1 Å². The Bertz CT molecular complexity index is 540. The number of nitriles is 1. The van der Waals surface area contributed by atoms with Crippen LogP contribution in [0, 0.1) is 11.3 Å². The predicted molar refractivity (Wildman–Crippen MR) is 73.0 cm³/mol. The standard InChI is InChI=1S/C12H12BrN3O3/c1-16(6-2-5-14)12(19)15-10-4-3-8(11(17)18)7-9(10)13/h3-4,7H,2,6H2,1H3,(H,15,19)(H,17,18). The minimum atomic E-state index is -1.04. The summed E-state index contributed by atoms with van der Waals surface area (Å²) in [7, 11) is 1.58. The van der Waals surface area contributed by atoms with Crippen LogP contribution in [0.5, 0.6) is 0 Å². The van der Waals surface area contributed by atoms with Gasteiger partial charge in [0.15, 0.2) is 0 Å². The highest BCUT2D eigenvalue weighted by Gasteiger charge is 2.12. The van der Waals surface area contributed by atoms with Crippen LogP contribution < -0.4 is 5.32 Å². The highest BCUT2D eigenvalue weighted by molar-refractivity contribution is 9.10. The number of amides is 2. The fourth-order valence-electron chi connectivity index (χ4n) is 1.28. The summed E-state index contributed by atoms with van der Waals surface area (Å²) >= 11 is 3.20. The largest absolute Gasteiger partial charge is 0.478 e. The lowest BCUT2D eigenvalue weighted by atomic mass is 10.2. The molecule has 0 saturated heterocycles. The number of carboxylic acids is 1. The molecule has 1 aromatic carbocycles. The number of aromatic carboxylic acids is 1. The van der Waals surface area contributed by atoms with Crippen LogP contribution in [0.2, 0.25) is 0 Å². The van der Waals surface area contributed by atoms with Crippen LogP contribution in [0.1, 0.15) is 16.8 Å². The molecule has 0 atom stereocenters. The molecule has 7 heteroatoms. The molecule has 2 amide bonds. The Morgan fingerprint density at radius 2 is 2.21 bits per heavy atom. The third-order valence-electron chi connectivity index (χ3n) is 2.36. The van der Waals surface area contributed by atoms with Crippen molar-refractivity contribution in [3.8, 4) is 6.07 Å². The van der Waals surface area contributed by atoms with Gasteiger partial charge in [0.2, 0.25) is 0 Å². The molecule has 0 aliphatic heterocycles. The number of nitrogens with zero attached hydrogens (tertiary/aromatic N) is 2. The zero-order valence-electron chi connectivity index (χ0n) is 10.2. The Hall–Kier alpha value is -2.07. The molecule has 100 valence electrons. The average molecular weight is 326 g/mol. The molecule has 0 aliphatic rings. The quantitative estimate of drug-likeness (QED) is 0.889. The molecule has 1 rings (SSSR count). The van der Waals surface area contributed by atoms with Crippen LogP contribution in [-0.4, -0.2) is 35.6 Å². The predicted octanol–water partition coefficient (Wildman–Crippen LogP) is 2.52. The van der Waals surface area contributed by atoms with Gasteiger partial charge in [0.1, 0.15) is 0 Å². The van der Waals surface area contributed by atoms with E-state index in [4.69, 9.17) is 10.4 Å². The van der Waals surface area contributed by atoms with Gasteiger partial charge < -0.3 is 15.3 Å². The van der Waals surface area contributed by atoms with Crippen molar-refractivity contribution in [1.29, 1.82) is 5.26 Å². The minimum absolute atomic E-state index is 0.128. The molecule has 2 N–H and O–H groups in total. The SMILES string of the molecule is CN(CCC#N)C(=O)Nc1ccc(C(=O)O)cc1Br. The maximum Gasteiger partial charge on any atom is 0.335 e. The van der Waals surface area contributed by atoms with Gasteiger partial charge in [-0.15, -0.1) is 0 Å². The van der Waals surface area contributed by atoms with Gasteiger partial charge in [-0.25, -0.2) is 9.59 Å². The number of carboxylic acid groups (broad SMARTS) is 1. The van der Waals surface area contributed by atoms with Crippen LogP contribution >= 0.6 is 15.9 Å². The molecule has 0 fully saturated rings. The third kappa shape index (κ3) is 4.26. The number of anilines is 1. The molecule has 1 aromatic rings. The summed E-state index contributed by atoms with van der Waals surface area (Å²) in [4.78, 5) is 23.9. The van der Waals surface area contributed by atoms with E-state index in [0.29, 0.717) is 16.7 Å². The average Bonchev–Trinajstić information content (AvgIpc) is 2.37. The van der Waals surface area contributed by atoms with E-state index in [1.165, 1.54) is 23.1 Å².